The van der Waals surface area contributed by atoms with Crippen LogP contribution in [0.25, 0.3) is 0 Å². The minimum absolute atomic E-state index is 0.0277. The lowest BCUT2D eigenvalue weighted by Crippen LogP contribution is -2.58. The van der Waals surface area contributed by atoms with Crippen LogP contribution < -0.4 is 5.32 Å². The summed E-state index contributed by atoms with van der Waals surface area (Å²) in [4.78, 5) is 17.2. The first kappa shape index (κ1) is 13.3. The van der Waals surface area contributed by atoms with Crippen molar-refractivity contribution in [2.45, 2.75) is 43.9 Å². The molecule has 0 aromatic rings. The van der Waals surface area contributed by atoms with E-state index < -0.39 is 0 Å². The van der Waals surface area contributed by atoms with E-state index in [1.54, 1.807) is 7.11 Å². The molecule has 1 N–H and O–H groups in total. The lowest BCUT2D eigenvalue weighted by atomic mass is 9.99. The zero-order valence-corrected chi connectivity index (χ0v) is 11.8. The third-order valence-corrected chi connectivity index (χ3v) is 4.87. The molecule has 0 aliphatic carbocycles. The first-order chi connectivity index (χ1) is 9.28. The van der Waals surface area contributed by atoms with Crippen molar-refractivity contribution in [1.29, 1.82) is 0 Å². The smallest absolute Gasteiger partial charge is 0.239 e. The molecule has 3 unspecified atom stereocenters. The van der Waals surface area contributed by atoms with Gasteiger partial charge < -0.3 is 15.0 Å². The molecule has 0 saturated carbocycles. The average Bonchev–Trinajstić information content (AvgIpc) is 2.95. The van der Waals surface area contributed by atoms with Gasteiger partial charge in [-0.3, -0.25) is 9.69 Å². The molecular weight excluding hydrogens is 242 g/mol. The van der Waals surface area contributed by atoms with E-state index in [2.05, 4.69) is 15.1 Å². The molecule has 0 bridgehead atoms. The average molecular weight is 267 g/mol. The molecule has 0 aromatic carbocycles. The van der Waals surface area contributed by atoms with E-state index >= 15 is 0 Å². The van der Waals surface area contributed by atoms with E-state index in [4.69, 9.17) is 4.74 Å². The van der Waals surface area contributed by atoms with Crippen molar-refractivity contribution in [1.82, 2.24) is 15.1 Å². The van der Waals surface area contributed by atoms with Gasteiger partial charge in [-0.25, -0.2) is 0 Å². The minimum atomic E-state index is -0.0277. The zero-order valence-electron chi connectivity index (χ0n) is 11.8. The Hall–Kier alpha value is -0.650. The van der Waals surface area contributed by atoms with Crippen molar-refractivity contribution < 1.29 is 9.53 Å². The monoisotopic (exact) mass is 267 g/mol. The number of hydrogen-bond acceptors (Lipinski definition) is 4. The molecule has 0 aromatic heterocycles. The van der Waals surface area contributed by atoms with Gasteiger partial charge in [-0.15, -0.1) is 0 Å². The standard InChI is InChI=1S/C14H25N3O2/c1-19-12-8-13(15-9-12)14(18)17-7-6-16-5-3-2-4-11(16)10-17/h11-13,15H,2-10H2,1H3. The van der Waals surface area contributed by atoms with Gasteiger partial charge in [-0.05, 0) is 25.8 Å². The molecule has 3 aliphatic rings. The van der Waals surface area contributed by atoms with E-state index in [1.807, 2.05) is 0 Å². The molecule has 1 amide bonds. The number of carbonyl (C=O) groups excluding carboxylic acids is 1. The second kappa shape index (κ2) is 5.77. The fourth-order valence-corrected chi connectivity index (χ4v) is 3.65. The summed E-state index contributed by atoms with van der Waals surface area (Å²) in [7, 11) is 1.72. The lowest BCUT2D eigenvalue weighted by molar-refractivity contribution is -0.136. The second-order valence-electron chi connectivity index (χ2n) is 6.02. The van der Waals surface area contributed by atoms with Crippen molar-refractivity contribution in [3.05, 3.63) is 0 Å². The molecule has 5 nitrogen and oxygen atoms in total. The predicted molar refractivity (Wildman–Crippen MR) is 73.0 cm³/mol. The van der Waals surface area contributed by atoms with Gasteiger partial charge >= 0.3 is 0 Å². The predicted octanol–water partition coefficient (Wildman–Crippen LogP) is 0.0600. The summed E-state index contributed by atoms with van der Waals surface area (Å²) in [5, 5.41) is 3.30. The van der Waals surface area contributed by atoms with Crippen molar-refractivity contribution in [2.75, 3.05) is 39.8 Å². The van der Waals surface area contributed by atoms with Crippen LogP contribution in [0.1, 0.15) is 25.7 Å². The first-order valence-electron chi connectivity index (χ1n) is 7.57. The molecular formula is C14H25N3O2. The highest BCUT2D eigenvalue weighted by Crippen LogP contribution is 2.22. The summed E-state index contributed by atoms with van der Waals surface area (Å²) >= 11 is 0. The Labute approximate surface area is 115 Å². The molecule has 3 fully saturated rings. The maximum absolute atomic E-state index is 12.5. The number of fused-ring (bicyclic) bond motifs is 1. The van der Waals surface area contributed by atoms with Crippen molar-refractivity contribution in [2.24, 2.45) is 0 Å². The van der Waals surface area contributed by atoms with Gasteiger partial charge in [0.25, 0.3) is 0 Å². The fraction of sp³-hybridized carbons (Fsp3) is 0.929. The van der Waals surface area contributed by atoms with Crippen LogP contribution in [0.3, 0.4) is 0 Å². The number of methoxy groups -OCH3 is 1. The Morgan fingerprint density at radius 2 is 2.16 bits per heavy atom. The maximum Gasteiger partial charge on any atom is 0.239 e. The molecule has 3 heterocycles. The number of piperidine rings is 1. The maximum atomic E-state index is 12.5. The number of rotatable bonds is 2. The number of nitrogens with zero attached hydrogens (tertiary/aromatic N) is 2. The Kier molecular flexibility index (Phi) is 4.05. The van der Waals surface area contributed by atoms with Crippen molar-refractivity contribution >= 4 is 5.91 Å². The van der Waals surface area contributed by atoms with Crippen LogP contribution in [0.4, 0.5) is 0 Å². The normalized spacial score (nSPS) is 36.3. The van der Waals surface area contributed by atoms with Gasteiger partial charge in [0.15, 0.2) is 0 Å². The minimum Gasteiger partial charge on any atom is -0.380 e. The molecule has 3 saturated heterocycles. The number of piperazine rings is 1. The van der Waals surface area contributed by atoms with E-state index in [0.29, 0.717) is 6.04 Å². The van der Waals surface area contributed by atoms with Crippen LogP contribution in [0, 0.1) is 0 Å². The van der Waals surface area contributed by atoms with Gasteiger partial charge in [0.1, 0.15) is 0 Å². The number of carbonyl (C=O) groups is 1. The quantitative estimate of drug-likeness (QED) is 0.768. The van der Waals surface area contributed by atoms with E-state index in [1.165, 1.54) is 25.8 Å². The fourth-order valence-electron chi connectivity index (χ4n) is 3.65. The Balaban J connectivity index is 1.56. The number of ether oxygens (including phenoxy) is 1. The molecule has 0 radical (unpaired) electrons. The SMILES string of the molecule is COC1CNC(C(=O)N2CCN3CCCCC3C2)C1. The van der Waals surface area contributed by atoms with Crippen LogP contribution in [-0.4, -0.2) is 73.7 Å². The van der Waals surface area contributed by atoms with Gasteiger partial charge in [0, 0.05) is 39.3 Å². The molecule has 3 aliphatic heterocycles. The third kappa shape index (κ3) is 2.78. The van der Waals surface area contributed by atoms with Crippen LogP contribution in [0.15, 0.2) is 0 Å². The van der Waals surface area contributed by atoms with Crippen LogP contribution >= 0.6 is 0 Å². The van der Waals surface area contributed by atoms with Gasteiger partial charge in [0.2, 0.25) is 5.91 Å². The highest BCUT2D eigenvalue weighted by atomic mass is 16.5. The topological polar surface area (TPSA) is 44.8 Å². The zero-order chi connectivity index (χ0) is 13.2. The van der Waals surface area contributed by atoms with E-state index in [-0.39, 0.29) is 18.1 Å². The molecule has 3 rings (SSSR count). The van der Waals surface area contributed by atoms with Crippen LogP contribution in [0.2, 0.25) is 0 Å². The largest absolute Gasteiger partial charge is 0.380 e. The lowest BCUT2D eigenvalue weighted by Gasteiger charge is -2.44. The number of hydrogen-bond donors (Lipinski definition) is 1. The summed E-state index contributed by atoms with van der Waals surface area (Å²) in [6.45, 7) is 4.90. The Morgan fingerprint density at radius 1 is 1.26 bits per heavy atom. The van der Waals surface area contributed by atoms with E-state index in [9.17, 15) is 4.79 Å². The van der Waals surface area contributed by atoms with Crippen LogP contribution in [-0.2, 0) is 9.53 Å². The number of amides is 1. The van der Waals surface area contributed by atoms with Gasteiger partial charge in [0.05, 0.1) is 12.1 Å². The molecule has 0 spiro atoms. The molecule has 108 valence electrons. The van der Waals surface area contributed by atoms with Gasteiger partial charge in [-0.1, -0.05) is 6.42 Å². The summed E-state index contributed by atoms with van der Waals surface area (Å²) in [6.07, 6.45) is 4.91. The summed E-state index contributed by atoms with van der Waals surface area (Å²) in [5.74, 6) is 0.282. The summed E-state index contributed by atoms with van der Waals surface area (Å²) < 4.78 is 5.32. The molecule has 3 atom stereocenters. The highest BCUT2D eigenvalue weighted by molar-refractivity contribution is 5.82. The van der Waals surface area contributed by atoms with Crippen LogP contribution in [0.5, 0.6) is 0 Å². The molecule has 5 heteroatoms. The van der Waals surface area contributed by atoms with Crippen molar-refractivity contribution in [3.63, 3.8) is 0 Å². The Morgan fingerprint density at radius 3 is 2.95 bits per heavy atom. The third-order valence-electron chi connectivity index (χ3n) is 4.87. The van der Waals surface area contributed by atoms with Gasteiger partial charge in [-0.2, -0.15) is 0 Å². The first-order valence-corrected chi connectivity index (χ1v) is 7.57. The highest BCUT2D eigenvalue weighted by Gasteiger charge is 2.36. The summed E-state index contributed by atoms with van der Waals surface area (Å²) in [5.41, 5.74) is 0. The van der Waals surface area contributed by atoms with E-state index in [0.717, 1.165) is 32.6 Å². The van der Waals surface area contributed by atoms with Crippen molar-refractivity contribution in [3.8, 4) is 0 Å². The molecule has 19 heavy (non-hydrogen) atoms. The second-order valence-corrected chi connectivity index (χ2v) is 6.02. The number of nitrogens with one attached hydrogen (secondary N) is 1. The Bertz CT molecular complexity index is 337. The summed E-state index contributed by atoms with van der Waals surface area (Å²) in [6, 6.07) is 0.575.